The summed E-state index contributed by atoms with van der Waals surface area (Å²) >= 11 is 3.07. The first-order valence-electron chi connectivity index (χ1n) is 5.26. The molecule has 0 radical (unpaired) electrons. The number of nitrogen functional groups attached to an aromatic ring is 1. The average Bonchev–Trinajstić information content (AvgIpc) is 2.30. The van der Waals surface area contributed by atoms with E-state index >= 15 is 0 Å². The SMILES string of the molecule is NC(=O)CN(CC(N)=O)S(=O)(=O)c1cc(N)ccc1Br. The molecule has 10 heteroatoms. The lowest BCUT2D eigenvalue weighted by atomic mass is 10.3. The summed E-state index contributed by atoms with van der Waals surface area (Å²) in [7, 11) is -4.14. The molecule has 0 aliphatic heterocycles. The number of anilines is 1. The summed E-state index contributed by atoms with van der Waals surface area (Å²) in [6.45, 7) is -1.32. The first kappa shape index (κ1) is 16.4. The van der Waals surface area contributed by atoms with E-state index in [9.17, 15) is 18.0 Å². The smallest absolute Gasteiger partial charge is 0.245 e. The van der Waals surface area contributed by atoms with Gasteiger partial charge in [0.1, 0.15) is 0 Å². The number of carbonyl (C=O) groups excluding carboxylic acids is 2. The van der Waals surface area contributed by atoms with E-state index in [1.165, 1.54) is 18.2 Å². The predicted molar refractivity (Wildman–Crippen MR) is 75.7 cm³/mol. The highest BCUT2D eigenvalue weighted by atomic mass is 79.9. The average molecular weight is 365 g/mol. The highest BCUT2D eigenvalue weighted by Crippen LogP contribution is 2.26. The molecule has 0 aliphatic rings. The predicted octanol–water partition coefficient (Wildman–Crippen LogP) is -1.01. The Hall–Kier alpha value is -1.65. The number of nitrogens with zero attached hydrogens (tertiary/aromatic N) is 1. The van der Waals surface area contributed by atoms with E-state index in [1.807, 2.05) is 0 Å². The Labute approximate surface area is 124 Å². The Kier molecular flexibility index (Phi) is 5.09. The lowest BCUT2D eigenvalue weighted by Crippen LogP contribution is -2.43. The fraction of sp³-hybridized carbons (Fsp3) is 0.200. The van der Waals surface area contributed by atoms with Crippen LogP contribution in [0.25, 0.3) is 0 Å². The third-order valence-corrected chi connectivity index (χ3v) is 5.02. The molecule has 0 saturated heterocycles. The van der Waals surface area contributed by atoms with Crippen LogP contribution in [0.15, 0.2) is 27.6 Å². The molecule has 0 saturated carbocycles. The van der Waals surface area contributed by atoms with Crippen molar-refractivity contribution in [1.82, 2.24) is 4.31 Å². The van der Waals surface area contributed by atoms with E-state index in [4.69, 9.17) is 17.2 Å². The first-order chi connectivity index (χ1) is 9.14. The molecule has 0 bridgehead atoms. The van der Waals surface area contributed by atoms with Gasteiger partial charge < -0.3 is 17.2 Å². The molecule has 2 amide bonds. The molecule has 0 fully saturated rings. The number of benzene rings is 1. The maximum atomic E-state index is 12.4. The zero-order valence-electron chi connectivity index (χ0n) is 10.2. The lowest BCUT2D eigenvalue weighted by molar-refractivity contribution is -0.120. The summed E-state index contributed by atoms with van der Waals surface area (Å²) in [5, 5.41) is 0. The standard InChI is InChI=1S/C10H13BrN4O4S/c11-7-2-1-6(12)3-8(7)20(18,19)15(4-9(13)16)5-10(14)17/h1-3H,4-5,12H2,(H2,13,16)(H2,14,17). The number of hydrogen-bond acceptors (Lipinski definition) is 5. The maximum Gasteiger partial charge on any atom is 0.245 e. The minimum Gasteiger partial charge on any atom is -0.399 e. The first-order valence-corrected chi connectivity index (χ1v) is 7.49. The Bertz CT molecular complexity index is 631. The number of hydrogen-bond donors (Lipinski definition) is 3. The highest BCUT2D eigenvalue weighted by molar-refractivity contribution is 9.10. The second-order valence-electron chi connectivity index (χ2n) is 3.90. The van der Waals surface area contributed by atoms with Crippen LogP contribution in [0.5, 0.6) is 0 Å². The van der Waals surface area contributed by atoms with Crippen molar-refractivity contribution >= 4 is 43.5 Å². The van der Waals surface area contributed by atoms with Crippen LogP contribution in [0, 0.1) is 0 Å². The van der Waals surface area contributed by atoms with Crippen LogP contribution in [-0.2, 0) is 19.6 Å². The van der Waals surface area contributed by atoms with Crippen molar-refractivity contribution in [2.75, 3.05) is 18.8 Å². The van der Waals surface area contributed by atoms with Gasteiger partial charge in [-0.3, -0.25) is 9.59 Å². The molecule has 1 aromatic rings. The molecular formula is C10H13BrN4O4S. The summed E-state index contributed by atoms with van der Waals surface area (Å²) < 4.78 is 25.6. The zero-order chi connectivity index (χ0) is 15.5. The summed E-state index contributed by atoms with van der Waals surface area (Å²) in [5.74, 6) is -1.82. The van der Waals surface area contributed by atoms with E-state index in [0.29, 0.717) is 4.31 Å². The molecule has 0 aliphatic carbocycles. The van der Waals surface area contributed by atoms with E-state index < -0.39 is 34.9 Å². The van der Waals surface area contributed by atoms with Crippen LogP contribution in [0.3, 0.4) is 0 Å². The molecule has 1 rings (SSSR count). The number of primary amides is 2. The molecule has 20 heavy (non-hydrogen) atoms. The van der Waals surface area contributed by atoms with Crippen molar-refractivity contribution in [2.24, 2.45) is 11.5 Å². The van der Waals surface area contributed by atoms with Gasteiger partial charge in [0, 0.05) is 10.2 Å². The number of halogens is 1. The maximum absolute atomic E-state index is 12.4. The van der Waals surface area contributed by atoms with Crippen molar-refractivity contribution in [3.05, 3.63) is 22.7 Å². The van der Waals surface area contributed by atoms with Gasteiger partial charge in [0.2, 0.25) is 21.8 Å². The molecule has 0 atom stereocenters. The van der Waals surface area contributed by atoms with Crippen LogP contribution in [-0.4, -0.2) is 37.6 Å². The van der Waals surface area contributed by atoms with Gasteiger partial charge in [-0.1, -0.05) is 0 Å². The number of carbonyl (C=O) groups is 2. The molecule has 110 valence electrons. The molecule has 8 nitrogen and oxygen atoms in total. The molecular weight excluding hydrogens is 352 g/mol. The van der Waals surface area contributed by atoms with Crippen molar-refractivity contribution in [3.63, 3.8) is 0 Å². The van der Waals surface area contributed by atoms with Gasteiger partial charge in [-0.05, 0) is 34.1 Å². The zero-order valence-corrected chi connectivity index (χ0v) is 12.6. The Morgan fingerprint density at radius 1 is 1.15 bits per heavy atom. The summed E-state index contributed by atoms with van der Waals surface area (Å²) in [6, 6.07) is 4.14. The fourth-order valence-corrected chi connectivity index (χ4v) is 3.76. The quantitative estimate of drug-likeness (QED) is 0.552. The van der Waals surface area contributed by atoms with Gasteiger partial charge in [-0.2, -0.15) is 4.31 Å². The van der Waals surface area contributed by atoms with Gasteiger partial charge in [-0.15, -0.1) is 0 Å². The Morgan fingerprint density at radius 2 is 1.65 bits per heavy atom. The molecule has 0 spiro atoms. The molecule has 0 unspecified atom stereocenters. The van der Waals surface area contributed by atoms with E-state index in [-0.39, 0.29) is 15.1 Å². The van der Waals surface area contributed by atoms with Crippen molar-refractivity contribution in [1.29, 1.82) is 0 Å². The normalized spacial score (nSPS) is 11.5. The van der Waals surface area contributed by atoms with E-state index in [2.05, 4.69) is 15.9 Å². The molecule has 1 aromatic carbocycles. The Morgan fingerprint density at radius 3 is 2.10 bits per heavy atom. The minimum absolute atomic E-state index is 0.181. The van der Waals surface area contributed by atoms with Crippen LogP contribution in [0.1, 0.15) is 0 Å². The Balaban J connectivity index is 3.31. The van der Waals surface area contributed by atoms with Crippen molar-refractivity contribution in [3.8, 4) is 0 Å². The summed E-state index contributed by atoms with van der Waals surface area (Å²) in [6.07, 6.45) is 0. The van der Waals surface area contributed by atoms with Gasteiger partial charge in [0.25, 0.3) is 0 Å². The molecule has 6 N–H and O–H groups in total. The van der Waals surface area contributed by atoms with Gasteiger partial charge >= 0.3 is 0 Å². The second-order valence-corrected chi connectivity index (χ2v) is 6.66. The van der Waals surface area contributed by atoms with Gasteiger partial charge in [-0.25, -0.2) is 8.42 Å². The number of nitrogens with two attached hydrogens (primary N) is 3. The second kappa shape index (κ2) is 6.20. The van der Waals surface area contributed by atoms with Crippen LogP contribution in [0.2, 0.25) is 0 Å². The van der Waals surface area contributed by atoms with Crippen molar-refractivity contribution < 1.29 is 18.0 Å². The number of sulfonamides is 1. The lowest BCUT2D eigenvalue weighted by Gasteiger charge is -2.20. The van der Waals surface area contributed by atoms with Gasteiger partial charge in [0.05, 0.1) is 18.0 Å². The number of rotatable bonds is 6. The summed E-state index contributed by atoms with van der Waals surface area (Å²) in [4.78, 5) is 21.7. The van der Waals surface area contributed by atoms with Gasteiger partial charge in [0.15, 0.2) is 0 Å². The van der Waals surface area contributed by atoms with E-state index in [0.717, 1.165) is 0 Å². The fourth-order valence-electron chi connectivity index (χ4n) is 1.43. The van der Waals surface area contributed by atoms with Crippen LogP contribution < -0.4 is 17.2 Å². The van der Waals surface area contributed by atoms with E-state index in [1.54, 1.807) is 0 Å². The molecule has 0 heterocycles. The molecule has 0 aromatic heterocycles. The highest BCUT2D eigenvalue weighted by Gasteiger charge is 2.29. The summed E-state index contributed by atoms with van der Waals surface area (Å²) in [5.41, 5.74) is 15.7. The van der Waals surface area contributed by atoms with Crippen LogP contribution in [0.4, 0.5) is 5.69 Å². The van der Waals surface area contributed by atoms with Crippen molar-refractivity contribution in [2.45, 2.75) is 4.90 Å². The number of amides is 2. The largest absolute Gasteiger partial charge is 0.399 e. The third-order valence-electron chi connectivity index (χ3n) is 2.24. The third kappa shape index (κ3) is 3.92. The minimum atomic E-state index is -4.14. The topological polar surface area (TPSA) is 150 Å². The van der Waals surface area contributed by atoms with Crippen LogP contribution >= 0.6 is 15.9 Å². The monoisotopic (exact) mass is 364 g/mol.